The summed E-state index contributed by atoms with van der Waals surface area (Å²) >= 11 is 0. The van der Waals surface area contributed by atoms with Crippen molar-refractivity contribution in [2.45, 2.75) is 27.2 Å². The van der Waals surface area contributed by atoms with Crippen LogP contribution < -0.4 is 9.47 Å². The van der Waals surface area contributed by atoms with E-state index in [1.54, 1.807) is 109 Å². The minimum Gasteiger partial charge on any atom is -0.457 e. The van der Waals surface area contributed by atoms with Crippen LogP contribution in [0.5, 0.6) is 23.0 Å². The normalized spacial score (nSPS) is 11.8. The molecule has 0 aliphatic carbocycles. The van der Waals surface area contributed by atoms with E-state index in [0.717, 1.165) is 11.3 Å². The third kappa shape index (κ3) is 6.44. The lowest BCUT2D eigenvalue weighted by Crippen LogP contribution is -2.09. The average Bonchev–Trinajstić information content (AvgIpc) is 3.45. The van der Waals surface area contributed by atoms with Crippen molar-refractivity contribution in [1.82, 2.24) is 0 Å². The van der Waals surface area contributed by atoms with Crippen LogP contribution >= 0.6 is 0 Å². The zero-order valence-electron chi connectivity index (χ0n) is 25.5. The quantitative estimate of drug-likeness (QED) is 0.147. The molecule has 7 nitrogen and oxygen atoms in total. The summed E-state index contributed by atoms with van der Waals surface area (Å²) < 4.78 is 11.8. The van der Waals surface area contributed by atoms with E-state index in [9.17, 15) is 19.2 Å². The van der Waals surface area contributed by atoms with Crippen LogP contribution in [-0.2, 0) is 6.42 Å². The Balaban J connectivity index is 1.21. The summed E-state index contributed by atoms with van der Waals surface area (Å²) in [5.41, 5.74) is 5.17. The molecule has 1 aliphatic heterocycles. The smallest absolute Gasteiger partial charge is 0.193 e. The minimum absolute atomic E-state index is 0.0230. The van der Waals surface area contributed by atoms with Crippen LogP contribution in [0, 0.1) is 0 Å². The lowest BCUT2D eigenvalue weighted by atomic mass is 9.91. The SMILES string of the molecule is CC(=O)c1ccc(Oc2ccc(C(=O)c3cc4c(c(C(=O)c5ccc(Oc6ccc(C(C)=O)cc6)cc5)c3)CC(C)=N4)cc2)cc1. The molecule has 1 aliphatic rings. The van der Waals surface area contributed by atoms with E-state index in [4.69, 9.17) is 9.47 Å². The standard InChI is InChI=1S/C39H29NO6/c1-23-20-35-36(39(44)29-10-18-34(19-11-29)46-32-14-6-27(7-15-32)25(3)42)21-30(22-37(35)40-23)38(43)28-8-16-33(17-9-28)45-31-12-4-26(5-13-31)24(2)41/h4-19,21-22H,20H2,1-3H3. The molecule has 0 atom stereocenters. The van der Waals surface area contributed by atoms with Gasteiger partial charge in [0.2, 0.25) is 0 Å². The molecule has 0 aromatic heterocycles. The Morgan fingerprint density at radius 1 is 0.522 bits per heavy atom. The molecule has 0 fully saturated rings. The number of hydrogen-bond donors (Lipinski definition) is 0. The molecule has 0 bridgehead atoms. The van der Waals surface area contributed by atoms with Crippen molar-refractivity contribution >= 4 is 34.5 Å². The summed E-state index contributed by atoms with van der Waals surface area (Å²) in [5.74, 6) is 1.72. The second kappa shape index (κ2) is 12.6. The largest absolute Gasteiger partial charge is 0.457 e. The van der Waals surface area contributed by atoms with Gasteiger partial charge in [-0.25, -0.2) is 0 Å². The molecular formula is C39H29NO6. The molecule has 0 saturated heterocycles. The van der Waals surface area contributed by atoms with E-state index in [0.29, 0.717) is 68.5 Å². The molecule has 0 saturated carbocycles. The van der Waals surface area contributed by atoms with Gasteiger partial charge in [-0.3, -0.25) is 24.2 Å². The van der Waals surface area contributed by atoms with Gasteiger partial charge in [-0.2, -0.15) is 0 Å². The lowest BCUT2D eigenvalue weighted by Gasteiger charge is -2.12. The molecule has 0 radical (unpaired) electrons. The van der Waals surface area contributed by atoms with E-state index in [-0.39, 0.29) is 23.1 Å². The molecule has 5 aromatic rings. The number of ketones is 4. The number of ether oxygens (including phenoxy) is 2. The van der Waals surface area contributed by atoms with Gasteiger partial charge in [-0.05, 0) is 136 Å². The number of carbonyl (C=O) groups excluding carboxylic acids is 4. The van der Waals surface area contributed by atoms with E-state index in [1.807, 2.05) is 6.92 Å². The van der Waals surface area contributed by atoms with Gasteiger partial charge >= 0.3 is 0 Å². The first kappa shape index (κ1) is 30.1. The van der Waals surface area contributed by atoms with Crippen LogP contribution in [0.1, 0.15) is 78.9 Å². The molecule has 0 spiro atoms. The van der Waals surface area contributed by atoms with Crippen LogP contribution in [0.4, 0.5) is 5.69 Å². The maximum atomic E-state index is 13.8. The van der Waals surface area contributed by atoms with Crippen LogP contribution in [0.15, 0.2) is 114 Å². The minimum atomic E-state index is -0.242. The fourth-order valence-corrected chi connectivity index (χ4v) is 5.24. The topological polar surface area (TPSA) is 99.1 Å². The van der Waals surface area contributed by atoms with Gasteiger partial charge in [0.05, 0.1) is 5.69 Å². The fraction of sp³-hybridized carbons (Fsp3) is 0.103. The molecule has 0 unspecified atom stereocenters. The molecule has 226 valence electrons. The van der Waals surface area contributed by atoms with Gasteiger partial charge in [-0.15, -0.1) is 0 Å². The second-order valence-corrected chi connectivity index (χ2v) is 11.1. The summed E-state index contributed by atoms with van der Waals surface area (Å²) in [6.07, 6.45) is 0.530. The molecule has 6 rings (SSSR count). The van der Waals surface area contributed by atoms with E-state index >= 15 is 0 Å². The molecule has 7 heteroatoms. The number of Topliss-reactive ketones (excluding diaryl/α,β-unsaturated/α-hetero) is 2. The number of fused-ring (bicyclic) bond motifs is 1. The second-order valence-electron chi connectivity index (χ2n) is 11.1. The van der Waals surface area contributed by atoms with Crippen molar-refractivity contribution in [3.05, 3.63) is 148 Å². The Kier molecular flexibility index (Phi) is 8.23. The Morgan fingerprint density at radius 3 is 1.33 bits per heavy atom. The summed E-state index contributed by atoms with van der Waals surface area (Å²) in [4.78, 5) is 55.1. The van der Waals surface area contributed by atoms with E-state index < -0.39 is 0 Å². The summed E-state index contributed by atoms with van der Waals surface area (Å²) in [6, 6.07) is 30.6. The molecular weight excluding hydrogens is 578 g/mol. The first-order valence-corrected chi connectivity index (χ1v) is 14.7. The van der Waals surface area contributed by atoms with Gasteiger partial charge in [0.25, 0.3) is 0 Å². The van der Waals surface area contributed by atoms with Crippen molar-refractivity contribution in [3.63, 3.8) is 0 Å². The predicted octanol–water partition coefficient (Wildman–Crippen LogP) is 8.79. The van der Waals surface area contributed by atoms with Crippen LogP contribution in [-0.4, -0.2) is 28.8 Å². The van der Waals surface area contributed by atoms with Gasteiger partial charge in [0.1, 0.15) is 23.0 Å². The lowest BCUT2D eigenvalue weighted by molar-refractivity contribution is 0.100. The summed E-state index contributed by atoms with van der Waals surface area (Å²) in [5, 5.41) is 0. The van der Waals surface area contributed by atoms with E-state index in [1.165, 1.54) is 13.8 Å². The monoisotopic (exact) mass is 607 g/mol. The number of benzene rings is 5. The first-order chi connectivity index (χ1) is 22.1. The van der Waals surface area contributed by atoms with Crippen molar-refractivity contribution in [1.29, 1.82) is 0 Å². The summed E-state index contributed by atoms with van der Waals surface area (Å²) in [6.45, 7) is 4.91. The number of rotatable bonds is 10. The van der Waals surface area contributed by atoms with Gasteiger partial charge < -0.3 is 9.47 Å². The van der Waals surface area contributed by atoms with Gasteiger partial charge in [-0.1, -0.05) is 0 Å². The van der Waals surface area contributed by atoms with Crippen molar-refractivity contribution in [2.24, 2.45) is 4.99 Å². The Bertz CT molecular complexity index is 2020. The Morgan fingerprint density at radius 2 is 0.913 bits per heavy atom. The van der Waals surface area contributed by atoms with Crippen molar-refractivity contribution in [2.75, 3.05) is 0 Å². The highest BCUT2D eigenvalue weighted by Gasteiger charge is 2.24. The van der Waals surface area contributed by atoms with Crippen molar-refractivity contribution in [3.8, 4) is 23.0 Å². The summed E-state index contributed by atoms with van der Waals surface area (Å²) in [7, 11) is 0. The zero-order valence-corrected chi connectivity index (χ0v) is 25.5. The molecule has 0 amide bonds. The highest BCUT2D eigenvalue weighted by molar-refractivity contribution is 6.16. The van der Waals surface area contributed by atoms with Crippen molar-refractivity contribution < 1.29 is 28.7 Å². The molecule has 46 heavy (non-hydrogen) atoms. The number of aliphatic imine (C=N–C) groups is 1. The van der Waals surface area contributed by atoms with Gasteiger partial charge in [0.15, 0.2) is 23.1 Å². The zero-order chi connectivity index (χ0) is 32.4. The first-order valence-electron chi connectivity index (χ1n) is 14.7. The average molecular weight is 608 g/mol. The van der Waals surface area contributed by atoms with Crippen LogP contribution in [0.3, 0.4) is 0 Å². The number of hydrogen-bond acceptors (Lipinski definition) is 7. The number of nitrogens with zero attached hydrogens (tertiary/aromatic N) is 1. The Hall–Kier alpha value is -5.95. The molecule has 0 N–H and O–H groups in total. The number of carbonyl (C=O) groups is 4. The van der Waals surface area contributed by atoms with Crippen LogP contribution in [0.2, 0.25) is 0 Å². The third-order valence-electron chi connectivity index (χ3n) is 7.70. The molecule has 5 aromatic carbocycles. The molecule has 1 heterocycles. The maximum Gasteiger partial charge on any atom is 0.193 e. The highest BCUT2D eigenvalue weighted by Crippen LogP contribution is 2.34. The Labute approximate surface area is 266 Å². The van der Waals surface area contributed by atoms with Gasteiger partial charge in [0, 0.05) is 45.5 Å². The maximum absolute atomic E-state index is 13.8. The van der Waals surface area contributed by atoms with E-state index in [2.05, 4.69) is 4.99 Å². The fourth-order valence-electron chi connectivity index (χ4n) is 5.24. The third-order valence-corrected chi connectivity index (χ3v) is 7.70. The highest BCUT2D eigenvalue weighted by atomic mass is 16.5. The predicted molar refractivity (Wildman–Crippen MR) is 176 cm³/mol. The van der Waals surface area contributed by atoms with Crippen LogP contribution in [0.25, 0.3) is 0 Å².